The van der Waals surface area contributed by atoms with Crippen molar-refractivity contribution in [2.45, 2.75) is 42.7 Å². The van der Waals surface area contributed by atoms with E-state index in [-0.39, 0.29) is 4.90 Å². The number of hydrogen-bond acceptors (Lipinski definition) is 3. The molecule has 1 aliphatic carbocycles. The third kappa shape index (κ3) is 4.42. The van der Waals surface area contributed by atoms with Gasteiger partial charge in [-0.25, -0.2) is 21.9 Å². The molecule has 0 saturated heterocycles. The number of aromatic amines is 1. The van der Waals surface area contributed by atoms with Crippen LogP contribution >= 0.6 is 0 Å². The molecule has 1 heterocycles. The van der Waals surface area contributed by atoms with E-state index in [2.05, 4.69) is 10.3 Å². The topological polar surface area (TPSA) is 74.0 Å². The summed E-state index contributed by atoms with van der Waals surface area (Å²) in [6.07, 6.45) is -0.663. The zero-order valence-electron chi connectivity index (χ0n) is 10.9. The van der Waals surface area contributed by atoms with Crippen LogP contribution in [0.2, 0.25) is 0 Å². The maximum absolute atomic E-state index is 12.7. The summed E-state index contributed by atoms with van der Waals surface area (Å²) < 4.78 is 74.4. The summed E-state index contributed by atoms with van der Waals surface area (Å²) in [5.74, 6) is -4.40. The first-order valence-corrected chi connectivity index (χ1v) is 7.75. The molecule has 0 aliphatic heterocycles. The van der Waals surface area contributed by atoms with Crippen LogP contribution in [-0.2, 0) is 16.6 Å². The fourth-order valence-electron chi connectivity index (χ4n) is 1.57. The highest BCUT2D eigenvalue weighted by Gasteiger charge is 2.41. The molecule has 0 spiro atoms. The smallest absolute Gasteiger partial charge is 0.320 e. The van der Waals surface area contributed by atoms with Gasteiger partial charge >= 0.3 is 12.3 Å². The Bertz CT molecular complexity index is 584. The number of sulfonamides is 1. The van der Waals surface area contributed by atoms with Gasteiger partial charge in [-0.3, -0.25) is 0 Å². The minimum absolute atomic E-state index is 0.264. The zero-order valence-corrected chi connectivity index (χ0v) is 11.7. The van der Waals surface area contributed by atoms with Gasteiger partial charge < -0.3 is 10.3 Å². The van der Waals surface area contributed by atoms with Crippen LogP contribution in [0.1, 0.15) is 18.5 Å². The van der Waals surface area contributed by atoms with Crippen molar-refractivity contribution in [1.82, 2.24) is 15.0 Å². The summed E-state index contributed by atoms with van der Waals surface area (Å²) in [6.45, 7) is -1.22. The quantitative estimate of drug-likeness (QED) is 0.632. The molecule has 21 heavy (non-hydrogen) atoms. The highest BCUT2D eigenvalue weighted by Crippen LogP contribution is 2.23. The Morgan fingerprint density at radius 1 is 1.38 bits per heavy atom. The van der Waals surface area contributed by atoms with E-state index in [1.807, 2.05) is 0 Å². The SMILES string of the molecule is O=S(=O)(NCC(F)(F)C(F)F)c1c[nH]c(CNC2CC2)c1. The minimum Gasteiger partial charge on any atom is -0.363 e. The molecule has 120 valence electrons. The lowest BCUT2D eigenvalue weighted by molar-refractivity contribution is -0.122. The molecule has 1 aromatic heterocycles. The number of hydrogen-bond donors (Lipinski definition) is 3. The normalized spacial score (nSPS) is 16.6. The number of alkyl halides is 4. The Hall–Kier alpha value is -1.13. The largest absolute Gasteiger partial charge is 0.363 e. The predicted molar refractivity (Wildman–Crippen MR) is 66.8 cm³/mol. The van der Waals surface area contributed by atoms with Crippen LogP contribution in [-0.4, -0.2) is 38.3 Å². The van der Waals surface area contributed by atoms with Gasteiger partial charge in [0.05, 0.1) is 11.4 Å². The fraction of sp³-hybridized carbons (Fsp3) is 0.636. The Labute approximate surface area is 119 Å². The zero-order chi connectivity index (χ0) is 15.7. The average Bonchev–Trinajstić information content (AvgIpc) is 3.10. The maximum atomic E-state index is 12.7. The molecule has 5 nitrogen and oxygen atoms in total. The van der Waals surface area contributed by atoms with Crippen LogP contribution in [0.25, 0.3) is 0 Å². The highest BCUT2D eigenvalue weighted by molar-refractivity contribution is 7.89. The molecule has 1 aromatic rings. The highest BCUT2D eigenvalue weighted by atomic mass is 32.2. The first-order chi connectivity index (χ1) is 9.71. The molecule has 0 radical (unpaired) electrons. The molecule has 1 saturated carbocycles. The van der Waals surface area contributed by atoms with Crippen LogP contribution in [0.3, 0.4) is 0 Å². The maximum Gasteiger partial charge on any atom is 0.320 e. The number of halogens is 4. The van der Waals surface area contributed by atoms with E-state index >= 15 is 0 Å². The summed E-state index contributed by atoms with van der Waals surface area (Å²) in [7, 11) is -4.25. The van der Waals surface area contributed by atoms with Gasteiger partial charge in [-0.15, -0.1) is 0 Å². The molecule has 0 bridgehead atoms. The summed E-state index contributed by atoms with van der Waals surface area (Å²) >= 11 is 0. The van der Waals surface area contributed by atoms with Gasteiger partial charge in [0.2, 0.25) is 10.0 Å². The summed E-state index contributed by atoms with van der Waals surface area (Å²) in [5.41, 5.74) is 0.572. The van der Waals surface area contributed by atoms with Gasteiger partial charge in [0.15, 0.2) is 0 Å². The second kappa shape index (κ2) is 5.93. The fourth-order valence-corrected chi connectivity index (χ4v) is 2.63. The molecular formula is C11H15F4N3O2S. The average molecular weight is 329 g/mol. The third-order valence-corrected chi connectivity index (χ3v) is 4.38. The standard InChI is InChI=1S/C11H15F4N3O2S/c12-10(13)11(14,15)6-18-21(19,20)9-3-8(17-5-9)4-16-7-1-2-7/h3,5,7,10,16-18H,1-2,4,6H2. The molecule has 1 aliphatic rings. The van der Waals surface area contributed by atoms with Gasteiger partial charge in [0.1, 0.15) is 0 Å². The van der Waals surface area contributed by atoms with E-state index in [4.69, 9.17) is 0 Å². The molecule has 0 atom stereocenters. The second-order valence-electron chi connectivity index (χ2n) is 4.90. The number of H-pyrrole nitrogens is 1. The van der Waals surface area contributed by atoms with Crippen molar-refractivity contribution >= 4 is 10.0 Å². The van der Waals surface area contributed by atoms with Crippen LogP contribution < -0.4 is 10.0 Å². The molecule has 0 unspecified atom stereocenters. The lowest BCUT2D eigenvalue weighted by Gasteiger charge is -2.15. The summed E-state index contributed by atoms with van der Waals surface area (Å²) in [4.78, 5) is 2.43. The first kappa shape index (κ1) is 16.2. The first-order valence-electron chi connectivity index (χ1n) is 6.27. The van der Waals surface area contributed by atoms with Crippen molar-refractivity contribution in [3.8, 4) is 0 Å². The van der Waals surface area contributed by atoms with E-state index in [0.717, 1.165) is 19.0 Å². The minimum atomic E-state index is -4.40. The van der Waals surface area contributed by atoms with E-state index < -0.39 is 28.9 Å². The van der Waals surface area contributed by atoms with Gasteiger partial charge in [-0.2, -0.15) is 8.78 Å². The Morgan fingerprint density at radius 3 is 2.62 bits per heavy atom. The summed E-state index contributed by atoms with van der Waals surface area (Å²) in [6, 6.07) is 1.70. The van der Waals surface area contributed by atoms with Crippen molar-refractivity contribution < 1.29 is 26.0 Å². The van der Waals surface area contributed by atoms with Crippen molar-refractivity contribution in [3.05, 3.63) is 18.0 Å². The monoisotopic (exact) mass is 329 g/mol. The van der Waals surface area contributed by atoms with E-state index in [1.54, 1.807) is 0 Å². The number of nitrogens with one attached hydrogen (secondary N) is 3. The third-order valence-electron chi connectivity index (χ3n) is 3.00. The Kier molecular flexibility index (Phi) is 4.59. The Morgan fingerprint density at radius 2 is 2.05 bits per heavy atom. The van der Waals surface area contributed by atoms with Crippen LogP contribution in [0, 0.1) is 0 Å². The number of rotatable bonds is 8. The van der Waals surface area contributed by atoms with E-state index in [1.165, 1.54) is 10.8 Å². The van der Waals surface area contributed by atoms with Gasteiger partial charge in [-0.1, -0.05) is 0 Å². The molecule has 3 N–H and O–H groups in total. The molecule has 1 fully saturated rings. The van der Waals surface area contributed by atoms with Gasteiger partial charge in [0, 0.05) is 24.5 Å². The molecule has 0 aromatic carbocycles. The lowest BCUT2D eigenvalue weighted by atomic mass is 10.4. The molecule has 10 heteroatoms. The molecular weight excluding hydrogens is 314 g/mol. The van der Waals surface area contributed by atoms with Crippen molar-refractivity contribution in [3.63, 3.8) is 0 Å². The van der Waals surface area contributed by atoms with Crippen LogP contribution in [0.4, 0.5) is 17.6 Å². The van der Waals surface area contributed by atoms with E-state index in [9.17, 15) is 26.0 Å². The predicted octanol–water partition coefficient (Wildman–Crippen LogP) is 1.45. The summed E-state index contributed by atoms with van der Waals surface area (Å²) in [5, 5.41) is 3.14. The van der Waals surface area contributed by atoms with Crippen molar-refractivity contribution in [2.24, 2.45) is 0 Å². The van der Waals surface area contributed by atoms with Crippen LogP contribution in [0.15, 0.2) is 17.2 Å². The Balaban J connectivity index is 1.95. The number of aromatic nitrogens is 1. The second-order valence-corrected chi connectivity index (χ2v) is 6.67. The van der Waals surface area contributed by atoms with Gasteiger partial charge in [-0.05, 0) is 18.9 Å². The van der Waals surface area contributed by atoms with Gasteiger partial charge in [0.25, 0.3) is 0 Å². The van der Waals surface area contributed by atoms with Crippen molar-refractivity contribution in [1.29, 1.82) is 0 Å². The molecule has 0 amide bonds. The lowest BCUT2D eigenvalue weighted by Crippen LogP contribution is -2.41. The van der Waals surface area contributed by atoms with Crippen LogP contribution in [0.5, 0.6) is 0 Å². The van der Waals surface area contributed by atoms with Crippen molar-refractivity contribution in [2.75, 3.05) is 6.54 Å². The molecule has 2 rings (SSSR count). The van der Waals surface area contributed by atoms with E-state index in [0.29, 0.717) is 18.3 Å².